The van der Waals surface area contributed by atoms with Crippen LogP contribution in [0.15, 0.2) is 267 Å². The van der Waals surface area contributed by atoms with E-state index in [0.29, 0.717) is 5.82 Å². The van der Waals surface area contributed by atoms with Crippen LogP contribution in [0.5, 0.6) is 0 Å². The van der Waals surface area contributed by atoms with Crippen LogP contribution in [0.3, 0.4) is 0 Å². The van der Waals surface area contributed by atoms with E-state index in [2.05, 4.69) is 240 Å². The van der Waals surface area contributed by atoms with E-state index in [1.165, 1.54) is 44.1 Å². The van der Waals surface area contributed by atoms with Gasteiger partial charge in [-0.2, -0.15) is 0 Å². The Morgan fingerprint density at radius 1 is 0.265 bits per heavy atom. The Bertz CT molecular complexity index is 3570. The normalized spacial score (nSPS) is 11.2. The topological polar surface area (TPSA) is 34.0 Å². The standard InChI is InChI=1S/C64H44N4/c1-6-16-49(17-7-1)60-44-61(66-64(65-60)51-18-8-2-9-19-51)50-32-30-46(31-33-50)45-26-28-47(29-27-45)52-36-40-62-58(42-52)59-43-53(37-41-63(59)68(62)56-24-14-5-15-25-56)48-34-38-57(39-35-48)67(54-20-10-3-11-21-54)55-22-12-4-13-23-55/h1-44H. The molecular formula is C64H44N4. The summed E-state index contributed by atoms with van der Waals surface area (Å²) >= 11 is 0. The maximum absolute atomic E-state index is 5.04. The lowest BCUT2D eigenvalue weighted by atomic mass is 9.97. The van der Waals surface area contributed by atoms with Crippen LogP contribution in [0.25, 0.3) is 94.8 Å². The Labute approximate surface area is 396 Å². The molecule has 0 N–H and O–H groups in total. The Hall–Kier alpha value is -9.12. The van der Waals surface area contributed by atoms with Crippen molar-refractivity contribution in [2.45, 2.75) is 0 Å². The lowest BCUT2D eigenvalue weighted by Crippen LogP contribution is -2.09. The molecule has 0 unspecified atom stereocenters. The maximum Gasteiger partial charge on any atom is 0.160 e. The minimum Gasteiger partial charge on any atom is -0.311 e. The van der Waals surface area contributed by atoms with Crippen molar-refractivity contribution in [2.75, 3.05) is 4.90 Å². The van der Waals surface area contributed by atoms with E-state index in [1.54, 1.807) is 0 Å². The molecule has 0 saturated carbocycles. The second-order valence-electron chi connectivity index (χ2n) is 17.0. The number of benzene rings is 10. The third kappa shape index (κ3) is 7.80. The van der Waals surface area contributed by atoms with Crippen molar-refractivity contribution in [3.63, 3.8) is 0 Å². The van der Waals surface area contributed by atoms with Gasteiger partial charge in [-0.1, -0.05) is 188 Å². The molecule has 10 aromatic carbocycles. The molecular weight excluding hydrogens is 825 g/mol. The molecule has 0 spiro atoms. The molecule has 2 heterocycles. The fraction of sp³-hybridized carbons (Fsp3) is 0. The lowest BCUT2D eigenvalue weighted by Gasteiger charge is -2.25. The smallest absolute Gasteiger partial charge is 0.160 e. The maximum atomic E-state index is 5.04. The van der Waals surface area contributed by atoms with Gasteiger partial charge in [-0.15, -0.1) is 0 Å². The van der Waals surface area contributed by atoms with Crippen molar-refractivity contribution in [1.29, 1.82) is 0 Å². The number of nitrogens with zero attached hydrogens (tertiary/aromatic N) is 4. The summed E-state index contributed by atoms with van der Waals surface area (Å²) in [6.07, 6.45) is 0. The molecule has 4 heteroatoms. The summed E-state index contributed by atoms with van der Waals surface area (Å²) in [6, 6.07) is 94.7. The van der Waals surface area contributed by atoms with Gasteiger partial charge in [0.25, 0.3) is 0 Å². The Morgan fingerprint density at radius 3 is 1.07 bits per heavy atom. The van der Waals surface area contributed by atoms with Crippen molar-refractivity contribution in [3.05, 3.63) is 267 Å². The number of anilines is 3. The Morgan fingerprint density at radius 2 is 0.603 bits per heavy atom. The van der Waals surface area contributed by atoms with Crippen LogP contribution in [0.1, 0.15) is 0 Å². The van der Waals surface area contributed by atoms with Gasteiger partial charge in [0.05, 0.1) is 22.4 Å². The SMILES string of the molecule is c1ccc(-c2cc(-c3ccc(-c4ccc(-c5ccc6c(c5)c5cc(-c7ccc(N(c8ccccc8)c8ccccc8)cc7)ccc5n6-c5ccccc5)cc4)cc3)nc(-c3ccccc3)n2)cc1. The van der Waals surface area contributed by atoms with E-state index < -0.39 is 0 Å². The molecule has 12 rings (SSSR count). The molecule has 0 aliphatic rings. The highest BCUT2D eigenvalue weighted by Crippen LogP contribution is 2.40. The van der Waals surface area contributed by atoms with Crippen molar-refractivity contribution < 1.29 is 0 Å². The van der Waals surface area contributed by atoms with E-state index in [1.807, 2.05) is 36.4 Å². The van der Waals surface area contributed by atoms with Crippen LogP contribution in [-0.4, -0.2) is 14.5 Å². The van der Waals surface area contributed by atoms with Crippen molar-refractivity contribution in [3.8, 4) is 73.0 Å². The van der Waals surface area contributed by atoms with Crippen LogP contribution < -0.4 is 4.90 Å². The number of para-hydroxylation sites is 3. The predicted octanol–water partition coefficient (Wildman–Crippen LogP) is 17.0. The number of hydrogen-bond acceptors (Lipinski definition) is 3. The van der Waals surface area contributed by atoms with E-state index in [0.717, 1.165) is 62.0 Å². The number of aromatic nitrogens is 3. The van der Waals surface area contributed by atoms with Crippen LogP contribution >= 0.6 is 0 Å². The average Bonchev–Trinajstić information content (AvgIpc) is 3.75. The van der Waals surface area contributed by atoms with Crippen LogP contribution in [0.4, 0.5) is 17.1 Å². The second-order valence-corrected chi connectivity index (χ2v) is 17.0. The van der Waals surface area contributed by atoms with E-state index in [-0.39, 0.29) is 0 Å². The molecule has 0 aliphatic carbocycles. The van der Waals surface area contributed by atoms with Gasteiger partial charge in [0.2, 0.25) is 0 Å². The predicted molar refractivity (Wildman–Crippen MR) is 284 cm³/mol. The van der Waals surface area contributed by atoms with Gasteiger partial charge >= 0.3 is 0 Å². The van der Waals surface area contributed by atoms with E-state index in [4.69, 9.17) is 9.97 Å². The molecule has 0 saturated heterocycles. The number of fused-ring (bicyclic) bond motifs is 3. The summed E-state index contributed by atoms with van der Waals surface area (Å²) in [5.74, 6) is 0.713. The van der Waals surface area contributed by atoms with Crippen molar-refractivity contribution in [1.82, 2.24) is 14.5 Å². The highest BCUT2D eigenvalue weighted by atomic mass is 15.1. The first-order valence-corrected chi connectivity index (χ1v) is 23.1. The molecule has 0 amide bonds. The highest BCUT2D eigenvalue weighted by Gasteiger charge is 2.17. The fourth-order valence-electron chi connectivity index (χ4n) is 9.40. The summed E-state index contributed by atoms with van der Waals surface area (Å²) in [5.41, 5.74) is 18.7. The summed E-state index contributed by atoms with van der Waals surface area (Å²) in [7, 11) is 0. The molecule has 12 aromatic rings. The molecule has 4 nitrogen and oxygen atoms in total. The van der Waals surface area contributed by atoms with E-state index in [9.17, 15) is 0 Å². The number of hydrogen-bond donors (Lipinski definition) is 0. The van der Waals surface area contributed by atoms with E-state index >= 15 is 0 Å². The van der Waals surface area contributed by atoms with Crippen LogP contribution in [0, 0.1) is 0 Å². The summed E-state index contributed by atoms with van der Waals surface area (Å²) < 4.78 is 2.39. The van der Waals surface area contributed by atoms with Gasteiger partial charge in [0, 0.05) is 50.2 Å². The highest BCUT2D eigenvalue weighted by molar-refractivity contribution is 6.11. The monoisotopic (exact) mass is 868 g/mol. The van der Waals surface area contributed by atoms with Crippen molar-refractivity contribution >= 4 is 38.9 Å². The molecule has 0 radical (unpaired) electrons. The van der Waals surface area contributed by atoms with Gasteiger partial charge in [0.15, 0.2) is 5.82 Å². The second kappa shape index (κ2) is 17.7. The van der Waals surface area contributed by atoms with Crippen LogP contribution in [-0.2, 0) is 0 Å². The van der Waals surface area contributed by atoms with Gasteiger partial charge in [-0.3, -0.25) is 0 Å². The third-order valence-electron chi connectivity index (χ3n) is 12.8. The summed E-state index contributed by atoms with van der Waals surface area (Å²) in [6.45, 7) is 0. The zero-order valence-electron chi connectivity index (χ0n) is 37.2. The summed E-state index contributed by atoms with van der Waals surface area (Å²) in [4.78, 5) is 12.3. The number of rotatable bonds is 10. The fourth-order valence-corrected chi connectivity index (χ4v) is 9.40. The van der Waals surface area contributed by atoms with Crippen molar-refractivity contribution in [2.24, 2.45) is 0 Å². The molecule has 0 aliphatic heterocycles. The first kappa shape index (κ1) is 40.4. The molecule has 0 bridgehead atoms. The summed E-state index contributed by atoms with van der Waals surface area (Å²) in [5, 5.41) is 2.43. The quantitative estimate of drug-likeness (QED) is 0.137. The third-order valence-corrected chi connectivity index (χ3v) is 12.8. The molecule has 68 heavy (non-hydrogen) atoms. The molecule has 0 atom stereocenters. The largest absolute Gasteiger partial charge is 0.311 e. The first-order valence-electron chi connectivity index (χ1n) is 23.1. The molecule has 320 valence electrons. The minimum atomic E-state index is 0.713. The van der Waals surface area contributed by atoms with Gasteiger partial charge in [-0.05, 0) is 112 Å². The minimum absolute atomic E-state index is 0.713. The average molecular weight is 869 g/mol. The van der Waals surface area contributed by atoms with Gasteiger partial charge < -0.3 is 9.47 Å². The Balaban J connectivity index is 0.867. The first-order chi connectivity index (χ1) is 33.7. The molecule has 2 aromatic heterocycles. The lowest BCUT2D eigenvalue weighted by molar-refractivity contribution is 1.18. The Kier molecular flexibility index (Phi) is 10.5. The van der Waals surface area contributed by atoms with Gasteiger partial charge in [-0.25, -0.2) is 9.97 Å². The zero-order valence-corrected chi connectivity index (χ0v) is 37.2. The molecule has 0 fully saturated rings. The van der Waals surface area contributed by atoms with Crippen LogP contribution in [0.2, 0.25) is 0 Å². The zero-order chi connectivity index (χ0) is 45.2. The van der Waals surface area contributed by atoms with Gasteiger partial charge in [0.1, 0.15) is 0 Å².